The van der Waals surface area contributed by atoms with E-state index in [0.717, 1.165) is 29.6 Å². The zero-order chi connectivity index (χ0) is 14.6. The Balaban J connectivity index is 2.03. The monoisotopic (exact) mass is 282 g/mol. The van der Waals surface area contributed by atoms with Gasteiger partial charge in [-0.1, -0.05) is 12.1 Å². The van der Waals surface area contributed by atoms with E-state index < -0.39 is 11.7 Å². The van der Waals surface area contributed by atoms with Crippen LogP contribution in [-0.2, 0) is 19.3 Å². The average molecular weight is 282 g/mol. The first-order valence-corrected chi connectivity index (χ1v) is 5.95. The zero-order valence-corrected chi connectivity index (χ0v) is 10.5. The summed E-state index contributed by atoms with van der Waals surface area (Å²) in [6.45, 7) is 0.151. The number of alkyl halides is 3. The van der Waals surface area contributed by atoms with E-state index in [2.05, 4.69) is 10.3 Å². The molecule has 1 aromatic heterocycles. The van der Waals surface area contributed by atoms with Crippen LogP contribution in [-0.4, -0.2) is 10.1 Å². The van der Waals surface area contributed by atoms with Crippen LogP contribution in [0.25, 0.3) is 0 Å². The summed E-state index contributed by atoms with van der Waals surface area (Å²) in [5, 5.41) is 11.9. The third-order valence-corrected chi connectivity index (χ3v) is 2.75. The highest BCUT2D eigenvalue weighted by molar-refractivity contribution is 5.44. The minimum Gasteiger partial charge on any atom is -0.392 e. The lowest BCUT2D eigenvalue weighted by molar-refractivity contribution is -0.137. The molecule has 0 amide bonds. The van der Waals surface area contributed by atoms with Gasteiger partial charge in [0.05, 0.1) is 24.4 Å². The number of pyridine rings is 1. The van der Waals surface area contributed by atoms with Gasteiger partial charge in [-0.25, -0.2) is 0 Å². The normalized spacial score (nSPS) is 11.4. The number of nitrogens with zero attached hydrogens (tertiary/aromatic N) is 1. The highest BCUT2D eigenvalue weighted by Gasteiger charge is 2.30. The number of rotatable bonds is 4. The molecular formula is C14H13F3N2O. The van der Waals surface area contributed by atoms with Crippen molar-refractivity contribution in [1.82, 2.24) is 4.98 Å². The summed E-state index contributed by atoms with van der Waals surface area (Å²) in [5.41, 5.74) is 1.13. The van der Waals surface area contributed by atoms with E-state index in [9.17, 15) is 13.2 Å². The summed E-state index contributed by atoms with van der Waals surface area (Å²) in [6, 6.07) is 8.94. The Hall–Kier alpha value is -2.08. The molecule has 1 aromatic carbocycles. The molecule has 0 bridgehead atoms. The number of hydrogen-bond donors (Lipinski definition) is 2. The summed E-state index contributed by atoms with van der Waals surface area (Å²) in [6.07, 6.45) is -3.21. The van der Waals surface area contributed by atoms with Gasteiger partial charge in [-0.15, -0.1) is 0 Å². The third kappa shape index (κ3) is 3.71. The van der Waals surface area contributed by atoms with Crippen LogP contribution in [0.1, 0.15) is 16.8 Å². The third-order valence-electron chi connectivity index (χ3n) is 2.75. The van der Waals surface area contributed by atoms with E-state index in [-0.39, 0.29) is 13.2 Å². The molecule has 0 radical (unpaired) electrons. The van der Waals surface area contributed by atoms with E-state index >= 15 is 0 Å². The van der Waals surface area contributed by atoms with Crippen LogP contribution >= 0.6 is 0 Å². The SMILES string of the molecule is OCc1ccc(NCc2cc(C(F)(F)F)ccn2)cc1. The second-order valence-corrected chi connectivity index (χ2v) is 4.24. The van der Waals surface area contributed by atoms with Crippen molar-refractivity contribution < 1.29 is 18.3 Å². The van der Waals surface area contributed by atoms with Crippen LogP contribution in [0.15, 0.2) is 42.6 Å². The number of halogens is 3. The second-order valence-electron chi connectivity index (χ2n) is 4.24. The van der Waals surface area contributed by atoms with Gasteiger partial charge >= 0.3 is 6.18 Å². The lowest BCUT2D eigenvalue weighted by Gasteiger charge is -2.09. The van der Waals surface area contributed by atoms with Crippen molar-refractivity contribution >= 4 is 5.69 Å². The molecule has 20 heavy (non-hydrogen) atoms. The predicted molar refractivity (Wildman–Crippen MR) is 68.9 cm³/mol. The van der Waals surface area contributed by atoms with Gasteiger partial charge in [-0.05, 0) is 29.8 Å². The fourth-order valence-corrected chi connectivity index (χ4v) is 1.67. The Morgan fingerprint density at radius 3 is 2.40 bits per heavy atom. The molecule has 0 fully saturated rings. The number of benzene rings is 1. The Labute approximate surface area is 114 Å². The van der Waals surface area contributed by atoms with Gasteiger partial charge in [0.2, 0.25) is 0 Å². The fraction of sp³-hybridized carbons (Fsp3) is 0.214. The van der Waals surface area contributed by atoms with Gasteiger partial charge in [0.15, 0.2) is 0 Å². The summed E-state index contributed by atoms with van der Waals surface area (Å²) in [4.78, 5) is 3.90. The molecule has 0 atom stereocenters. The number of anilines is 1. The van der Waals surface area contributed by atoms with Crippen molar-refractivity contribution in [2.24, 2.45) is 0 Å². The average Bonchev–Trinajstić information content (AvgIpc) is 2.45. The van der Waals surface area contributed by atoms with Crippen molar-refractivity contribution in [2.75, 3.05) is 5.32 Å². The Morgan fingerprint density at radius 1 is 1.10 bits per heavy atom. The number of aliphatic hydroxyl groups is 1. The van der Waals surface area contributed by atoms with Crippen molar-refractivity contribution in [3.05, 3.63) is 59.4 Å². The lowest BCUT2D eigenvalue weighted by atomic mass is 10.2. The molecule has 0 aliphatic carbocycles. The van der Waals surface area contributed by atoms with Crippen LogP contribution in [0, 0.1) is 0 Å². The molecule has 1 heterocycles. The summed E-state index contributed by atoms with van der Waals surface area (Å²) in [5.74, 6) is 0. The molecule has 2 aromatic rings. The minimum absolute atomic E-state index is 0.0462. The molecule has 6 heteroatoms. The highest BCUT2D eigenvalue weighted by atomic mass is 19.4. The molecule has 0 aliphatic heterocycles. The second kappa shape index (κ2) is 5.92. The molecule has 106 valence electrons. The maximum absolute atomic E-state index is 12.5. The molecule has 0 unspecified atom stereocenters. The van der Waals surface area contributed by atoms with E-state index in [1.54, 1.807) is 24.3 Å². The predicted octanol–water partition coefficient (Wildman–Crippen LogP) is 3.20. The van der Waals surface area contributed by atoms with Gasteiger partial charge in [0.25, 0.3) is 0 Å². The zero-order valence-electron chi connectivity index (χ0n) is 10.5. The van der Waals surface area contributed by atoms with Crippen LogP contribution in [0.5, 0.6) is 0 Å². The van der Waals surface area contributed by atoms with Crippen molar-refractivity contribution in [1.29, 1.82) is 0 Å². The number of aliphatic hydroxyl groups excluding tert-OH is 1. The maximum atomic E-state index is 12.5. The standard InChI is InChI=1S/C14H13F3N2O/c15-14(16,17)11-5-6-18-13(7-11)8-19-12-3-1-10(9-20)2-4-12/h1-7,19-20H,8-9H2. The molecule has 0 spiro atoms. The van der Waals surface area contributed by atoms with Gasteiger partial charge in [-0.3, -0.25) is 4.98 Å². The van der Waals surface area contributed by atoms with Gasteiger partial charge in [-0.2, -0.15) is 13.2 Å². The molecule has 3 nitrogen and oxygen atoms in total. The lowest BCUT2D eigenvalue weighted by Crippen LogP contribution is -2.08. The summed E-state index contributed by atoms with van der Waals surface area (Å²) >= 11 is 0. The van der Waals surface area contributed by atoms with Crippen LogP contribution in [0.2, 0.25) is 0 Å². The maximum Gasteiger partial charge on any atom is 0.416 e. The molecule has 0 saturated heterocycles. The summed E-state index contributed by atoms with van der Waals surface area (Å²) < 4.78 is 37.6. The fourth-order valence-electron chi connectivity index (χ4n) is 1.67. The van der Waals surface area contributed by atoms with Gasteiger partial charge < -0.3 is 10.4 Å². The summed E-state index contributed by atoms with van der Waals surface area (Å²) in [7, 11) is 0. The van der Waals surface area contributed by atoms with E-state index in [1.807, 2.05) is 0 Å². The van der Waals surface area contributed by atoms with Crippen LogP contribution in [0.4, 0.5) is 18.9 Å². The van der Waals surface area contributed by atoms with Crippen molar-refractivity contribution in [2.45, 2.75) is 19.3 Å². The van der Waals surface area contributed by atoms with Crippen molar-refractivity contribution in [3.63, 3.8) is 0 Å². The molecule has 0 saturated carbocycles. The Bertz CT molecular complexity index is 567. The molecule has 0 aliphatic rings. The first-order chi connectivity index (χ1) is 9.49. The Morgan fingerprint density at radius 2 is 1.80 bits per heavy atom. The van der Waals surface area contributed by atoms with Gasteiger partial charge in [0, 0.05) is 11.9 Å². The van der Waals surface area contributed by atoms with E-state index in [4.69, 9.17) is 5.11 Å². The quantitative estimate of drug-likeness (QED) is 0.905. The van der Waals surface area contributed by atoms with Crippen molar-refractivity contribution in [3.8, 4) is 0 Å². The van der Waals surface area contributed by atoms with Crippen LogP contribution < -0.4 is 5.32 Å². The first-order valence-electron chi connectivity index (χ1n) is 5.95. The molecule has 2 N–H and O–H groups in total. The molecule has 2 rings (SSSR count). The Kier molecular flexibility index (Phi) is 4.24. The number of hydrogen-bond acceptors (Lipinski definition) is 3. The van der Waals surface area contributed by atoms with E-state index in [1.165, 1.54) is 0 Å². The highest BCUT2D eigenvalue weighted by Crippen LogP contribution is 2.29. The topological polar surface area (TPSA) is 45.1 Å². The van der Waals surface area contributed by atoms with E-state index in [0.29, 0.717) is 5.69 Å². The van der Waals surface area contributed by atoms with Gasteiger partial charge in [0.1, 0.15) is 0 Å². The van der Waals surface area contributed by atoms with Crippen LogP contribution in [0.3, 0.4) is 0 Å². The smallest absolute Gasteiger partial charge is 0.392 e. The largest absolute Gasteiger partial charge is 0.416 e. The molecular weight excluding hydrogens is 269 g/mol. The number of nitrogens with one attached hydrogen (secondary N) is 1. The first kappa shape index (κ1) is 14.3. The number of aromatic nitrogens is 1. The minimum atomic E-state index is -4.36.